The van der Waals surface area contributed by atoms with Gasteiger partial charge in [0.2, 0.25) is 10.0 Å². The van der Waals surface area contributed by atoms with Crippen LogP contribution in [0.25, 0.3) is 0 Å². The van der Waals surface area contributed by atoms with E-state index in [1.54, 1.807) is 25.1 Å². The molecule has 0 bridgehead atoms. The molecule has 2 N–H and O–H groups in total. The Bertz CT molecular complexity index is 598. The molecule has 0 unspecified atom stereocenters. The zero-order valence-corrected chi connectivity index (χ0v) is 12.1. The number of aliphatic hydroxyl groups is 1. The van der Waals surface area contributed by atoms with E-state index in [1.807, 2.05) is 6.08 Å². The van der Waals surface area contributed by atoms with E-state index in [9.17, 15) is 8.42 Å². The molecule has 0 heterocycles. The summed E-state index contributed by atoms with van der Waals surface area (Å²) < 4.78 is 27.2. The Kier molecular flexibility index (Phi) is 4.30. The third-order valence-corrected chi connectivity index (χ3v) is 5.03. The molecule has 6 heteroatoms. The van der Waals surface area contributed by atoms with Gasteiger partial charge in [0.15, 0.2) is 0 Å². The summed E-state index contributed by atoms with van der Waals surface area (Å²) in [5.74, 6) is 0.0269. The van der Waals surface area contributed by atoms with Gasteiger partial charge in [-0.15, -0.1) is 0 Å². The lowest BCUT2D eigenvalue weighted by atomic mass is 10.1. The number of hydrogen-bond donors (Lipinski definition) is 2. The van der Waals surface area contributed by atoms with E-state index in [1.165, 1.54) is 6.07 Å². The Morgan fingerprint density at radius 3 is 2.74 bits per heavy atom. The van der Waals surface area contributed by atoms with Crippen LogP contribution in [0, 0.1) is 12.8 Å². The molecule has 0 amide bonds. The van der Waals surface area contributed by atoms with Gasteiger partial charge in [-0.25, -0.2) is 13.1 Å². The average Bonchev–Trinajstić information content (AvgIpc) is 2.75. The van der Waals surface area contributed by atoms with Crippen molar-refractivity contribution < 1.29 is 13.5 Å². The highest BCUT2D eigenvalue weighted by atomic mass is 35.5. The Labute approximate surface area is 118 Å². The van der Waals surface area contributed by atoms with Gasteiger partial charge < -0.3 is 5.11 Å². The number of aryl methyl sites for hydroxylation is 1. The van der Waals surface area contributed by atoms with Crippen molar-refractivity contribution in [2.75, 3.05) is 6.61 Å². The lowest BCUT2D eigenvalue weighted by Gasteiger charge is -2.14. The molecule has 104 valence electrons. The maximum absolute atomic E-state index is 12.3. The van der Waals surface area contributed by atoms with E-state index < -0.39 is 10.0 Å². The largest absolute Gasteiger partial charge is 0.396 e. The van der Waals surface area contributed by atoms with E-state index in [0.717, 1.165) is 0 Å². The second-order valence-electron chi connectivity index (χ2n) is 4.70. The fourth-order valence-corrected chi connectivity index (χ4v) is 3.83. The van der Waals surface area contributed by atoms with Crippen LogP contribution in [-0.4, -0.2) is 26.2 Å². The van der Waals surface area contributed by atoms with Crippen LogP contribution in [0.1, 0.15) is 12.0 Å². The number of halogens is 1. The van der Waals surface area contributed by atoms with Crippen LogP contribution >= 0.6 is 11.6 Å². The molecule has 1 aliphatic carbocycles. The number of rotatable bonds is 4. The summed E-state index contributed by atoms with van der Waals surface area (Å²) in [6.45, 7) is 1.75. The van der Waals surface area contributed by atoms with Crippen LogP contribution in [0.5, 0.6) is 0 Å². The number of benzene rings is 1. The monoisotopic (exact) mass is 301 g/mol. The smallest absolute Gasteiger partial charge is 0.241 e. The van der Waals surface area contributed by atoms with Crippen molar-refractivity contribution in [1.82, 2.24) is 4.72 Å². The SMILES string of the molecule is Cc1cc(Cl)ccc1S(=O)(=O)N[C@@H]1C=C[C@H](CO)C1. The summed E-state index contributed by atoms with van der Waals surface area (Å²) in [5, 5.41) is 9.54. The summed E-state index contributed by atoms with van der Waals surface area (Å²) in [5.41, 5.74) is 0.612. The number of nitrogens with one attached hydrogen (secondary N) is 1. The molecule has 1 aromatic rings. The van der Waals surface area contributed by atoms with E-state index >= 15 is 0 Å². The molecule has 0 fully saturated rings. The molecule has 1 aliphatic rings. The molecule has 0 spiro atoms. The zero-order chi connectivity index (χ0) is 14.0. The molecule has 4 nitrogen and oxygen atoms in total. The molecule has 0 saturated heterocycles. The predicted octanol–water partition coefficient (Wildman–Crippen LogP) is 1.86. The second-order valence-corrected chi connectivity index (χ2v) is 6.82. The maximum Gasteiger partial charge on any atom is 0.241 e. The average molecular weight is 302 g/mol. The van der Waals surface area contributed by atoms with Gasteiger partial charge in [-0.1, -0.05) is 23.8 Å². The third kappa shape index (κ3) is 3.36. The Hall–Kier alpha value is -0.880. The first kappa shape index (κ1) is 14.5. The van der Waals surface area contributed by atoms with E-state index in [0.29, 0.717) is 17.0 Å². The maximum atomic E-state index is 12.3. The third-order valence-electron chi connectivity index (χ3n) is 3.14. The second kappa shape index (κ2) is 5.63. The molecule has 0 saturated carbocycles. The van der Waals surface area contributed by atoms with Crippen molar-refractivity contribution in [3.05, 3.63) is 40.9 Å². The summed E-state index contributed by atoms with van der Waals surface area (Å²) in [7, 11) is -3.56. The molecule has 0 radical (unpaired) electrons. The van der Waals surface area contributed by atoms with Gasteiger partial charge in [0.05, 0.1) is 4.90 Å². The Morgan fingerprint density at radius 1 is 1.42 bits per heavy atom. The van der Waals surface area contributed by atoms with Gasteiger partial charge in [-0.05, 0) is 37.1 Å². The highest BCUT2D eigenvalue weighted by Gasteiger charge is 2.25. The fraction of sp³-hybridized carbons (Fsp3) is 0.385. The first-order chi connectivity index (χ1) is 8.92. The van der Waals surface area contributed by atoms with Crippen LogP contribution in [-0.2, 0) is 10.0 Å². The Balaban J connectivity index is 2.17. The zero-order valence-electron chi connectivity index (χ0n) is 10.5. The summed E-state index contributed by atoms with van der Waals surface area (Å²) >= 11 is 5.82. The quantitative estimate of drug-likeness (QED) is 0.834. The minimum absolute atomic E-state index is 0.0269. The van der Waals surface area contributed by atoms with Gasteiger partial charge in [0.25, 0.3) is 0 Å². The number of sulfonamides is 1. The van der Waals surface area contributed by atoms with Crippen molar-refractivity contribution in [2.45, 2.75) is 24.3 Å². The van der Waals surface area contributed by atoms with Gasteiger partial charge in [-0.2, -0.15) is 0 Å². The number of hydrogen-bond acceptors (Lipinski definition) is 3. The Morgan fingerprint density at radius 2 is 2.16 bits per heavy atom. The van der Waals surface area contributed by atoms with Crippen molar-refractivity contribution in [2.24, 2.45) is 5.92 Å². The molecule has 19 heavy (non-hydrogen) atoms. The van der Waals surface area contributed by atoms with Crippen LogP contribution in [0.15, 0.2) is 35.2 Å². The molecule has 0 aliphatic heterocycles. The summed E-state index contributed by atoms with van der Waals surface area (Å²) in [4.78, 5) is 0.234. The van der Waals surface area contributed by atoms with E-state index in [4.69, 9.17) is 16.7 Å². The predicted molar refractivity (Wildman–Crippen MR) is 74.6 cm³/mol. The van der Waals surface area contributed by atoms with E-state index in [-0.39, 0.29) is 23.5 Å². The molecule has 2 atom stereocenters. The van der Waals surface area contributed by atoms with Crippen molar-refractivity contribution in [1.29, 1.82) is 0 Å². The van der Waals surface area contributed by atoms with Crippen molar-refractivity contribution in [3.63, 3.8) is 0 Å². The lowest BCUT2D eigenvalue weighted by molar-refractivity contribution is 0.248. The van der Waals surface area contributed by atoms with Crippen LogP contribution < -0.4 is 4.72 Å². The van der Waals surface area contributed by atoms with Gasteiger partial charge >= 0.3 is 0 Å². The molecule has 1 aromatic carbocycles. The fourth-order valence-electron chi connectivity index (χ4n) is 2.17. The number of aliphatic hydroxyl groups excluding tert-OH is 1. The van der Waals surface area contributed by atoms with Crippen LogP contribution in [0.3, 0.4) is 0 Å². The normalized spacial score (nSPS) is 22.9. The standard InChI is InChI=1S/C13H16ClNO3S/c1-9-6-11(14)3-5-13(9)19(17,18)15-12-4-2-10(7-12)8-16/h2-6,10,12,15-16H,7-8H2,1H3/t10-,12+/m0/s1. The van der Waals surface area contributed by atoms with Crippen molar-refractivity contribution in [3.8, 4) is 0 Å². The van der Waals surface area contributed by atoms with Crippen LogP contribution in [0.2, 0.25) is 5.02 Å². The summed E-state index contributed by atoms with van der Waals surface area (Å²) in [6, 6.07) is 4.42. The molecule has 2 rings (SSSR count). The van der Waals surface area contributed by atoms with Gasteiger partial charge in [0, 0.05) is 23.6 Å². The summed E-state index contributed by atoms with van der Waals surface area (Å²) in [6.07, 6.45) is 4.20. The molecular weight excluding hydrogens is 286 g/mol. The first-order valence-corrected chi connectivity index (χ1v) is 7.86. The van der Waals surface area contributed by atoms with Gasteiger partial charge in [-0.3, -0.25) is 0 Å². The van der Waals surface area contributed by atoms with E-state index in [2.05, 4.69) is 4.72 Å². The molecular formula is C13H16ClNO3S. The molecule has 0 aromatic heterocycles. The topological polar surface area (TPSA) is 66.4 Å². The minimum Gasteiger partial charge on any atom is -0.396 e. The highest BCUT2D eigenvalue weighted by Crippen LogP contribution is 2.22. The lowest BCUT2D eigenvalue weighted by Crippen LogP contribution is -2.33. The minimum atomic E-state index is -3.56. The first-order valence-electron chi connectivity index (χ1n) is 6.00. The van der Waals surface area contributed by atoms with Gasteiger partial charge in [0.1, 0.15) is 0 Å². The van der Waals surface area contributed by atoms with Crippen LogP contribution in [0.4, 0.5) is 0 Å². The highest BCUT2D eigenvalue weighted by molar-refractivity contribution is 7.89. The van der Waals surface area contributed by atoms with Crippen molar-refractivity contribution >= 4 is 21.6 Å².